The molecule has 0 aromatic carbocycles. The van der Waals surface area contributed by atoms with Gasteiger partial charge in [0.25, 0.3) is 0 Å². The van der Waals surface area contributed by atoms with Crippen molar-refractivity contribution in [2.45, 2.75) is 423 Å². The second-order valence-electron chi connectivity index (χ2n) is 27.7. The average molecular weight is 1320 g/mol. The maximum absolute atomic E-state index is 13.1. The zero-order valence-electron chi connectivity index (χ0n) is 61.2. The fourth-order valence-electron chi connectivity index (χ4n) is 12.4. The van der Waals surface area contributed by atoms with Crippen LogP contribution in [0.5, 0.6) is 0 Å². The highest BCUT2D eigenvalue weighted by Gasteiger charge is 2.44. The van der Waals surface area contributed by atoms with Crippen LogP contribution in [0.3, 0.4) is 0 Å². The number of esters is 1. The summed E-state index contributed by atoms with van der Waals surface area (Å²) in [6.45, 7) is 4.32. The van der Waals surface area contributed by atoms with Crippen LogP contribution in [0.1, 0.15) is 380 Å². The molecular formula is C83H151NO10. The molecule has 548 valence electrons. The Morgan fingerprint density at radius 3 is 1.14 bits per heavy atom. The highest BCUT2D eigenvalue weighted by molar-refractivity contribution is 5.76. The molecule has 1 saturated heterocycles. The SMILES string of the molecule is CCCCC/C=C\CCCCCCCC(=O)OCCCCCCCCCCCCCCCCC/C=C\C/C=C\CCCCCCCCCCCCCCCCCCCC(=O)NC(COC1OC(CO)C(O)C(O)C1O)C(O)/C=C/CC/C=C/CC/C=C/CCCCCCC. The summed E-state index contributed by atoms with van der Waals surface area (Å²) in [5, 5.41) is 54.6. The molecule has 1 rings (SSSR count). The van der Waals surface area contributed by atoms with E-state index >= 15 is 0 Å². The van der Waals surface area contributed by atoms with Gasteiger partial charge in [0.1, 0.15) is 24.4 Å². The summed E-state index contributed by atoms with van der Waals surface area (Å²) in [4.78, 5) is 25.1. The van der Waals surface area contributed by atoms with E-state index in [9.17, 15) is 35.1 Å². The second kappa shape index (κ2) is 71.4. The number of hydrogen-bond donors (Lipinski definition) is 6. The third-order valence-electron chi connectivity index (χ3n) is 18.7. The quantitative estimate of drug-likeness (QED) is 0.0195. The molecule has 0 bridgehead atoms. The second-order valence-corrected chi connectivity index (χ2v) is 27.7. The van der Waals surface area contributed by atoms with Crippen molar-refractivity contribution in [3.05, 3.63) is 72.9 Å². The molecule has 0 spiro atoms. The number of allylic oxidation sites excluding steroid dienone is 11. The summed E-state index contributed by atoms with van der Waals surface area (Å²) in [6, 6.07) is -0.834. The molecule has 0 radical (unpaired) electrons. The Morgan fingerprint density at radius 2 is 0.723 bits per heavy atom. The van der Waals surface area contributed by atoms with Crippen LogP contribution in [0, 0.1) is 0 Å². The van der Waals surface area contributed by atoms with Crippen LogP contribution in [0.25, 0.3) is 0 Å². The van der Waals surface area contributed by atoms with Crippen LogP contribution < -0.4 is 5.32 Å². The smallest absolute Gasteiger partial charge is 0.305 e. The van der Waals surface area contributed by atoms with Crippen molar-refractivity contribution in [1.29, 1.82) is 0 Å². The predicted octanol–water partition coefficient (Wildman–Crippen LogP) is 21.8. The Kier molecular flexibility index (Phi) is 67.7. The van der Waals surface area contributed by atoms with Crippen LogP contribution in [0.4, 0.5) is 0 Å². The Labute approximate surface area is 579 Å². The predicted molar refractivity (Wildman–Crippen MR) is 398 cm³/mol. The number of aliphatic hydroxyl groups is 5. The van der Waals surface area contributed by atoms with Crippen molar-refractivity contribution in [2.75, 3.05) is 19.8 Å². The van der Waals surface area contributed by atoms with Gasteiger partial charge in [0, 0.05) is 12.8 Å². The van der Waals surface area contributed by atoms with Crippen molar-refractivity contribution in [1.82, 2.24) is 5.32 Å². The lowest BCUT2D eigenvalue weighted by atomic mass is 9.99. The van der Waals surface area contributed by atoms with Gasteiger partial charge in [0.15, 0.2) is 6.29 Å². The van der Waals surface area contributed by atoms with Gasteiger partial charge in [-0.2, -0.15) is 0 Å². The van der Waals surface area contributed by atoms with Gasteiger partial charge in [-0.1, -0.05) is 324 Å². The van der Waals surface area contributed by atoms with E-state index in [4.69, 9.17) is 14.2 Å². The normalized spacial score (nSPS) is 17.8. The number of unbranched alkanes of at least 4 members (excludes halogenated alkanes) is 47. The molecule has 1 fully saturated rings. The number of carbonyl (C=O) groups excluding carboxylic acids is 2. The number of rotatable bonds is 71. The van der Waals surface area contributed by atoms with Gasteiger partial charge in [0.05, 0.1) is 32.0 Å². The van der Waals surface area contributed by atoms with E-state index in [2.05, 4.69) is 79.9 Å². The van der Waals surface area contributed by atoms with E-state index in [-0.39, 0.29) is 18.5 Å². The molecule has 7 unspecified atom stereocenters. The zero-order chi connectivity index (χ0) is 67.9. The molecule has 11 heteroatoms. The van der Waals surface area contributed by atoms with Crippen LogP contribution in [-0.2, 0) is 23.8 Å². The maximum Gasteiger partial charge on any atom is 0.305 e. The molecule has 1 aliphatic heterocycles. The van der Waals surface area contributed by atoms with Crippen LogP contribution in [0.2, 0.25) is 0 Å². The molecule has 0 saturated carbocycles. The highest BCUT2D eigenvalue weighted by atomic mass is 16.7. The van der Waals surface area contributed by atoms with Gasteiger partial charge in [-0.3, -0.25) is 9.59 Å². The van der Waals surface area contributed by atoms with E-state index in [1.807, 2.05) is 6.08 Å². The molecule has 6 N–H and O–H groups in total. The summed E-state index contributed by atoms with van der Waals surface area (Å²) < 4.78 is 16.7. The van der Waals surface area contributed by atoms with Crippen molar-refractivity contribution in [3.63, 3.8) is 0 Å². The van der Waals surface area contributed by atoms with E-state index < -0.39 is 49.5 Å². The minimum Gasteiger partial charge on any atom is -0.466 e. The zero-order valence-corrected chi connectivity index (χ0v) is 61.2. The summed E-state index contributed by atoms with van der Waals surface area (Å²) >= 11 is 0. The fraction of sp³-hybridized carbons (Fsp3) is 0.831. The Bertz CT molecular complexity index is 1790. The Morgan fingerprint density at radius 1 is 0.394 bits per heavy atom. The lowest BCUT2D eigenvalue weighted by molar-refractivity contribution is -0.302. The van der Waals surface area contributed by atoms with Crippen LogP contribution in [0.15, 0.2) is 72.9 Å². The molecule has 0 aromatic heterocycles. The van der Waals surface area contributed by atoms with Crippen LogP contribution >= 0.6 is 0 Å². The number of aliphatic hydroxyl groups excluding tert-OH is 5. The minimum atomic E-state index is -1.58. The fourth-order valence-corrected chi connectivity index (χ4v) is 12.4. The minimum absolute atomic E-state index is 0.00413. The van der Waals surface area contributed by atoms with Gasteiger partial charge < -0.3 is 45.1 Å². The monoisotopic (exact) mass is 1320 g/mol. The summed E-state index contributed by atoms with van der Waals surface area (Å²) in [6.07, 6.45) is 87.9. The molecule has 1 amide bonds. The first-order valence-electron chi connectivity index (χ1n) is 40.2. The third kappa shape index (κ3) is 59.2. The van der Waals surface area contributed by atoms with Gasteiger partial charge in [-0.25, -0.2) is 0 Å². The molecular weight excluding hydrogens is 1170 g/mol. The van der Waals surface area contributed by atoms with Crippen molar-refractivity contribution < 1.29 is 49.3 Å². The average Bonchev–Trinajstić information content (AvgIpc) is 0.856. The Hall–Kier alpha value is -2.90. The summed E-state index contributed by atoms with van der Waals surface area (Å²) in [5.74, 6) is -0.188. The molecule has 1 heterocycles. The number of hydrogen-bond acceptors (Lipinski definition) is 10. The van der Waals surface area contributed by atoms with E-state index in [1.54, 1.807) is 6.08 Å². The molecule has 0 aromatic rings. The molecule has 7 atom stereocenters. The standard InChI is InChI=1S/C83H151NO10/c1-3-5-7-9-11-13-15-17-43-46-49-53-57-61-65-69-76(86)75(74-93-83-82(91)81(90)80(89)77(73-85)94-83)84-78(87)70-66-62-58-54-50-47-44-41-39-37-35-33-31-29-27-25-23-21-19-18-20-22-24-26-28-30-32-34-36-38-40-42-45-48-52-56-60-64-68-72-92-79(88)71-67-63-59-55-51-16-14-12-10-8-6-4-2/h12,14-15,17-19,22,24,49,53,65,69,75-77,80-83,85-86,89-91H,3-11,13,16,20-21,23,25-48,50-52,54-64,66-68,70-74H2,1-2H3,(H,84,87)/b14-12-,17-15+,19-18-,24-22-,53-49+,69-65+. The Balaban J connectivity index is 1.94. The number of nitrogens with one attached hydrogen (secondary N) is 1. The van der Waals surface area contributed by atoms with E-state index in [1.165, 1.54) is 276 Å². The lowest BCUT2D eigenvalue weighted by Gasteiger charge is -2.40. The molecule has 94 heavy (non-hydrogen) atoms. The van der Waals surface area contributed by atoms with Gasteiger partial charge in [-0.05, 0) is 116 Å². The summed E-state index contributed by atoms with van der Waals surface area (Å²) in [7, 11) is 0. The highest BCUT2D eigenvalue weighted by Crippen LogP contribution is 2.24. The first-order valence-corrected chi connectivity index (χ1v) is 40.2. The largest absolute Gasteiger partial charge is 0.466 e. The van der Waals surface area contributed by atoms with Crippen molar-refractivity contribution in [3.8, 4) is 0 Å². The summed E-state index contributed by atoms with van der Waals surface area (Å²) in [5.41, 5.74) is 0. The lowest BCUT2D eigenvalue weighted by Crippen LogP contribution is -2.60. The van der Waals surface area contributed by atoms with Crippen LogP contribution in [-0.4, -0.2) is 100 Å². The van der Waals surface area contributed by atoms with Gasteiger partial charge in [0.2, 0.25) is 5.91 Å². The topological polar surface area (TPSA) is 175 Å². The number of ether oxygens (including phenoxy) is 3. The molecule has 1 aliphatic rings. The number of carbonyl (C=O) groups is 2. The molecule has 11 nitrogen and oxygen atoms in total. The van der Waals surface area contributed by atoms with Crippen molar-refractivity contribution >= 4 is 11.9 Å². The van der Waals surface area contributed by atoms with Crippen molar-refractivity contribution in [2.24, 2.45) is 0 Å². The number of amides is 1. The molecule has 0 aliphatic carbocycles. The van der Waals surface area contributed by atoms with E-state index in [0.717, 1.165) is 77.0 Å². The van der Waals surface area contributed by atoms with Gasteiger partial charge in [-0.15, -0.1) is 0 Å². The first-order chi connectivity index (χ1) is 46.2. The van der Waals surface area contributed by atoms with Gasteiger partial charge >= 0.3 is 5.97 Å². The van der Waals surface area contributed by atoms with E-state index in [0.29, 0.717) is 19.4 Å². The maximum atomic E-state index is 13.1. The third-order valence-corrected chi connectivity index (χ3v) is 18.7. The first kappa shape index (κ1) is 89.1.